The van der Waals surface area contributed by atoms with Crippen molar-refractivity contribution >= 4 is 0 Å². The van der Waals surface area contributed by atoms with Crippen LogP contribution in [0.25, 0.3) is 0 Å². The van der Waals surface area contributed by atoms with Gasteiger partial charge in [-0.3, -0.25) is 0 Å². The Balaban J connectivity index is 2.40. The van der Waals surface area contributed by atoms with Gasteiger partial charge >= 0.3 is 0 Å². The molecule has 0 amide bonds. The standard InChI is InChI=1S/C5H10F2N2/c6-5(7)4-3(8)1-2-9-4/h3-5,9H,1-2,8H2. The number of rotatable bonds is 1. The number of hydrogen-bond donors (Lipinski definition) is 2. The second-order valence-corrected chi connectivity index (χ2v) is 2.27. The molecule has 1 aliphatic heterocycles. The van der Waals surface area contributed by atoms with E-state index in [0.717, 1.165) is 0 Å². The molecule has 0 saturated carbocycles. The Bertz CT molecular complexity index is 97.0. The van der Waals surface area contributed by atoms with Crippen molar-refractivity contribution in [2.45, 2.75) is 24.9 Å². The van der Waals surface area contributed by atoms with E-state index in [-0.39, 0.29) is 6.04 Å². The largest absolute Gasteiger partial charge is 0.326 e. The predicted molar refractivity (Wildman–Crippen MR) is 30.4 cm³/mol. The van der Waals surface area contributed by atoms with Crippen LogP contribution < -0.4 is 11.1 Å². The minimum Gasteiger partial charge on any atom is -0.326 e. The van der Waals surface area contributed by atoms with Crippen LogP contribution in [0.2, 0.25) is 0 Å². The van der Waals surface area contributed by atoms with E-state index in [1.54, 1.807) is 0 Å². The van der Waals surface area contributed by atoms with Gasteiger partial charge in [0.1, 0.15) is 0 Å². The lowest BCUT2D eigenvalue weighted by atomic mass is 10.1. The minimum absolute atomic E-state index is 0.356. The monoisotopic (exact) mass is 136 g/mol. The number of nitrogens with two attached hydrogens (primary N) is 1. The summed E-state index contributed by atoms with van der Waals surface area (Å²) in [6.45, 7) is 0.621. The van der Waals surface area contributed by atoms with Crippen LogP contribution in [-0.4, -0.2) is 25.1 Å². The van der Waals surface area contributed by atoms with Crippen LogP contribution in [0.5, 0.6) is 0 Å². The molecule has 0 spiro atoms. The first-order valence-electron chi connectivity index (χ1n) is 2.99. The third kappa shape index (κ3) is 1.37. The van der Waals surface area contributed by atoms with Gasteiger partial charge in [0.2, 0.25) is 0 Å². The van der Waals surface area contributed by atoms with Gasteiger partial charge in [0.15, 0.2) is 0 Å². The maximum atomic E-state index is 11.8. The van der Waals surface area contributed by atoms with E-state index in [2.05, 4.69) is 5.32 Å². The SMILES string of the molecule is NC1CCNC1C(F)F. The van der Waals surface area contributed by atoms with Gasteiger partial charge in [-0.2, -0.15) is 0 Å². The average molecular weight is 136 g/mol. The predicted octanol–water partition coefficient (Wildman–Crippen LogP) is -0.0593. The molecule has 9 heavy (non-hydrogen) atoms. The Labute approximate surface area is 52.4 Å². The van der Waals surface area contributed by atoms with Crippen LogP contribution in [0.1, 0.15) is 6.42 Å². The lowest BCUT2D eigenvalue weighted by molar-refractivity contribution is 0.101. The van der Waals surface area contributed by atoms with Gasteiger partial charge in [-0.1, -0.05) is 0 Å². The van der Waals surface area contributed by atoms with Gasteiger partial charge < -0.3 is 11.1 Å². The van der Waals surface area contributed by atoms with E-state index < -0.39 is 12.5 Å². The molecule has 2 unspecified atom stereocenters. The highest BCUT2D eigenvalue weighted by molar-refractivity contribution is 4.87. The summed E-state index contributed by atoms with van der Waals surface area (Å²) in [6, 6.07) is -1.13. The number of nitrogens with one attached hydrogen (secondary N) is 1. The van der Waals surface area contributed by atoms with Crippen molar-refractivity contribution in [1.82, 2.24) is 5.32 Å². The second kappa shape index (κ2) is 2.58. The van der Waals surface area contributed by atoms with Crippen LogP contribution in [0.15, 0.2) is 0 Å². The summed E-state index contributed by atoms with van der Waals surface area (Å²) in [5, 5.41) is 2.63. The number of alkyl halides is 2. The van der Waals surface area contributed by atoms with E-state index in [1.807, 2.05) is 0 Å². The maximum absolute atomic E-state index is 11.8. The molecule has 0 aromatic heterocycles. The minimum atomic E-state index is -2.32. The van der Waals surface area contributed by atoms with Crippen LogP contribution in [-0.2, 0) is 0 Å². The Hall–Kier alpha value is -0.220. The molecular weight excluding hydrogens is 126 g/mol. The zero-order valence-corrected chi connectivity index (χ0v) is 4.98. The molecule has 1 aliphatic rings. The van der Waals surface area contributed by atoms with E-state index in [4.69, 9.17) is 5.73 Å². The van der Waals surface area contributed by atoms with Gasteiger partial charge in [-0.25, -0.2) is 8.78 Å². The zero-order valence-electron chi connectivity index (χ0n) is 4.98. The number of halogens is 2. The molecule has 1 saturated heterocycles. The molecule has 0 radical (unpaired) electrons. The Kier molecular flexibility index (Phi) is 1.97. The van der Waals surface area contributed by atoms with Crippen molar-refractivity contribution in [3.63, 3.8) is 0 Å². The highest BCUT2D eigenvalue weighted by Crippen LogP contribution is 2.11. The summed E-state index contributed by atoms with van der Waals surface area (Å²) >= 11 is 0. The molecule has 0 bridgehead atoms. The first-order chi connectivity index (χ1) is 4.22. The molecule has 0 aromatic carbocycles. The topological polar surface area (TPSA) is 38.0 Å². The third-order valence-corrected chi connectivity index (χ3v) is 1.59. The highest BCUT2D eigenvalue weighted by atomic mass is 19.3. The normalized spacial score (nSPS) is 36.0. The van der Waals surface area contributed by atoms with Crippen molar-refractivity contribution in [2.24, 2.45) is 5.73 Å². The summed E-state index contributed by atoms with van der Waals surface area (Å²) in [6.07, 6.45) is -1.66. The zero-order chi connectivity index (χ0) is 6.85. The highest BCUT2D eigenvalue weighted by Gasteiger charge is 2.30. The van der Waals surface area contributed by atoms with Gasteiger partial charge in [0.05, 0.1) is 6.04 Å². The molecule has 3 N–H and O–H groups in total. The molecule has 0 aromatic rings. The summed E-state index contributed by atoms with van der Waals surface area (Å²) in [4.78, 5) is 0. The van der Waals surface area contributed by atoms with Gasteiger partial charge in [0, 0.05) is 6.04 Å². The van der Waals surface area contributed by atoms with Crippen LogP contribution in [0, 0.1) is 0 Å². The molecule has 1 rings (SSSR count). The van der Waals surface area contributed by atoms with E-state index in [9.17, 15) is 8.78 Å². The van der Waals surface area contributed by atoms with E-state index >= 15 is 0 Å². The lowest BCUT2D eigenvalue weighted by Gasteiger charge is -2.12. The molecule has 54 valence electrons. The van der Waals surface area contributed by atoms with Crippen LogP contribution in [0.4, 0.5) is 8.78 Å². The summed E-state index contributed by atoms with van der Waals surface area (Å²) in [5.41, 5.74) is 5.34. The van der Waals surface area contributed by atoms with Crippen LogP contribution >= 0.6 is 0 Å². The quantitative estimate of drug-likeness (QED) is 0.530. The summed E-state index contributed by atoms with van der Waals surface area (Å²) in [5.74, 6) is 0. The van der Waals surface area contributed by atoms with Gasteiger partial charge in [0.25, 0.3) is 6.43 Å². The Morgan fingerprint density at radius 3 is 2.44 bits per heavy atom. The summed E-state index contributed by atoms with van der Waals surface area (Å²) < 4.78 is 23.7. The van der Waals surface area contributed by atoms with Gasteiger partial charge in [-0.05, 0) is 13.0 Å². The first-order valence-corrected chi connectivity index (χ1v) is 2.99. The molecule has 2 atom stereocenters. The molecule has 1 fully saturated rings. The first kappa shape index (κ1) is 6.89. The third-order valence-electron chi connectivity index (χ3n) is 1.59. The van der Waals surface area contributed by atoms with Crippen molar-refractivity contribution in [1.29, 1.82) is 0 Å². The Morgan fingerprint density at radius 1 is 1.56 bits per heavy atom. The number of hydrogen-bond acceptors (Lipinski definition) is 2. The Morgan fingerprint density at radius 2 is 2.22 bits per heavy atom. The fourth-order valence-corrected chi connectivity index (χ4v) is 1.02. The second-order valence-electron chi connectivity index (χ2n) is 2.27. The molecule has 2 nitrogen and oxygen atoms in total. The fourth-order valence-electron chi connectivity index (χ4n) is 1.02. The van der Waals surface area contributed by atoms with Crippen LogP contribution in [0.3, 0.4) is 0 Å². The average Bonchev–Trinajstić information content (AvgIpc) is 2.13. The van der Waals surface area contributed by atoms with Crippen molar-refractivity contribution in [2.75, 3.05) is 6.54 Å². The van der Waals surface area contributed by atoms with Gasteiger partial charge in [-0.15, -0.1) is 0 Å². The molecule has 1 heterocycles. The molecular formula is C5H10F2N2. The van der Waals surface area contributed by atoms with E-state index in [0.29, 0.717) is 13.0 Å². The fraction of sp³-hybridized carbons (Fsp3) is 1.00. The lowest BCUT2D eigenvalue weighted by Crippen LogP contribution is -2.41. The maximum Gasteiger partial charge on any atom is 0.255 e. The molecule has 4 heteroatoms. The molecule has 0 aliphatic carbocycles. The van der Waals surface area contributed by atoms with Crippen molar-refractivity contribution in [3.8, 4) is 0 Å². The van der Waals surface area contributed by atoms with Crippen molar-refractivity contribution in [3.05, 3.63) is 0 Å². The van der Waals surface area contributed by atoms with E-state index in [1.165, 1.54) is 0 Å². The van der Waals surface area contributed by atoms with Crippen molar-refractivity contribution < 1.29 is 8.78 Å². The smallest absolute Gasteiger partial charge is 0.255 e. The summed E-state index contributed by atoms with van der Waals surface area (Å²) in [7, 11) is 0.